The summed E-state index contributed by atoms with van der Waals surface area (Å²) in [5.41, 5.74) is 0.667. The second kappa shape index (κ2) is 4.59. The molecule has 0 fully saturated rings. The monoisotopic (exact) mass is 251 g/mol. The summed E-state index contributed by atoms with van der Waals surface area (Å²) in [4.78, 5) is 22.8. The highest BCUT2D eigenvalue weighted by Crippen LogP contribution is 2.30. The van der Waals surface area contributed by atoms with Crippen LogP contribution in [0.25, 0.3) is 10.9 Å². The summed E-state index contributed by atoms with van der Waals surface area (Å²) < 4.78 is 6.08. The van der Waals surface area contributed by atoms with Crippen molar-refractivity contribution in [1.82, 2.24) is 4.57 Å². The third kappa shape index (κ3) is 1.80. The maximum absolute atomic E-state index is 11.7. The summed E-state index contributed by atoms with van der Waals surface area (Å²) >= 11 is 6.09. The van der Waals surface area contributed by atoms with Crippen molar-refractivity contribution in [3.63, 3.8) is 0 Å². The molecular formula is C12H10ClNO3. The molecule has 0 radical (unpaired) electrons. The normalized spacial score (nSPS) is 10.5. The number of carbonyl (C=O) groups is 2. The lowest BCUT2D eigenvalue weighted by Gasteiger charge is -2.02. The maximum Gasteiger partial charge on any atom is 0.356 e. The molecule has 0 N–H and O–H groups in total. The number of para-hydroxylation sites is 1. The zero-order valence-corrected chi connectivity index (χ0v) is 9.90. The Bertz CT molecular complexity index is 589. The van der Waals surface area contributed by atoms with Gasteiger partial charge >= 0.3 is 5.97 Å². The molecule has 0 spiro atoms. The first-order chi connectivity index (χ1) is 8.20. The number of aromatic nitrogens is 1. The van der Waals surface area contributed by atoms with Crippen LogP contribution >= 0.6 is 11.6 Å². The van der Waals surface area contributed by atoms with Crippen LogP contribution in [0.15, 0.2) is 24.3 Å². The molecule has 1 aromatic heterocycles. The van der Waals surface area contributed by atoms with Crippen molar-refractivity contribution in [2.45, 2.75) is 6.92 Å². The van der Waals surface area contributed by atoms with Gasteiger partial charge in [0, 0.05) is 5.39 Å². The van der Waals surface area contributed by atoms with E-state index >= 15 is 0 Å². The first kappa shape index (κ1) is 11.7. The summed E-state index contributed by atoms with van der Waals surface area (Å²) in [6.45, 7) is 1.93. The predicted molar refractivity (Wildman–Crippen MR) is 65.1 cm³/mol. The van der Waals surface area contributed by atoms with Crippen molar-refractivity contribution in [3.8, 4) is 0 Å². The van der Waals surface area contributed by atoms with Crippen molar-refractivity contribution in [2.24, 2.45) is 0 Å². The lowest BCUT2D eigenvalue weighted by molar-refractivity contribution is 0.0518. The molecular weight excluding hydrogens is 242 g/mol. The fourth-order valence-electron chi connectivity index (χ4n) is 1.72. The molecule has 4 nitrogen and oxygen atoms in total. The number of esters is 1. The second-order valence-electron chi connectivity index (χ2n) is 3.38. The molecule has 0 amide bonds. The van der Waals surface area contributed by atoms with Gasteiger partial charge in [-0.3, -0.25) is 9.36 Å². The van der Waals surface area contributed by atoms with E-state index in [1.807, 2.05) is 0 Å². The molecule has 0 unspecified atom stereocenters. The van der Waals surface area contributed by atoms with E-state index in [0.717, 1.165) is 0 Å². The van der Waals surface area contributed by atoms with E-state index in [2.05, 4.69) is 0 Å². The zero-order valence-electron chi connectivity index (χ0n) is 9.14. The minimum atomic E-state index is -0.596. The minimum absolute atomic E-state index is 0.0738. The first-order valence-electron chi connectivity index (χ1n) is 5.11. The Hall–Kier alpha value is -1.81. The molecule has 0 aliphatic rings. The van der Waals surface area contributed by atoms with E-state index in [0.29, 0.717) is 17.3 Å². The smallest absolute Gasteiger partial charge is 0.356 e. The fraction of sp³-hybridized carbons (Fsp3) is 0.167. The van der Waals surface area contributed by atoms with E-state index < -0.39 is 5.97 Å². The Kier molecular flexibility index (Phi) is 3.15. The van der Waals surface area contributed by atoms with Crippen molar-refractivity contribution in [1.29, 1.82) is 0 Å². The summed E-state index contributed by atoms with van der Waals surface area (Å²) in [7, 11) is 0. The second-order valence-corrected chi connectivity index (χ2v) is 3.75. The third-order valence-electron chi connectivity index (χ3n) is 2.42. The Morgan fingerprint density at radius 3 is 2.82 bits per heavy atom. The highest BCUT2D eigenvalue weighted by Gasteiger charge is 2.22. The van der Waals surface area contributed by atoms with Crippen LogP contribution in [0.5, 0.6) is 0 Å². The van der Waals surface area contributed by atoms with E-state index in [1.54, 1.807) is 31.2 Å². The molecule has 0 saturated carbocycles. The fourth-order valence-corrected chi connectivity index (χ4v) is 2.05. The largest absolute Gasteiger partial charge is 0.461 e. The van der Waals surface area contributed by atoms with Crippen molar-refractivity contribution in [2.75, 3.05) is 6.61 Å². The Labute approximate surface area is 103 Å². The summed E-state index contributed by atoms with van der Waals surface area (Å²) in [6, 6.07) is 7.03. The van der Waals surface area contributed by atoms with Crippen LogP contribution in [-0.4, -0.2) is 23.6 Å². The zero-order chi connectivity index (χ0) is 12.4. The molecule has 0 bridgehead atoms. The van der Waals surface area contributed by atoms with E-state index in [4.69, 9.17) is 16.3 Å². The van der Waals surface area contributed by atoms with Gasteiger partial charge in [0.15, 0.2) is 5.69 Å². The summed E-state index contributed by atoms with van der Waals surface area (Å²) in [6.07, 6.45) is 0.556. The molecule has 1 heterocycles. The lowest BCUT2D eigenvalue weighted by atomic mass is 10.2. The van der Waals surface area contributed by atoms with Crippen LogP contribution in [0, 0.1) is 0 Å². The van der Waals surface area contributed by atoms with Gasteiger partial charge in [0.25, 0.3) is 0 Å². The highest BCUT2D eigenvalue weighted by molar-refractivity contribution is 6.39. The highest BCUT2D eigenvalue weighted by atomic mass is 35.5. The van der Waals surface area contributed by atoms with E-state index in [1.165, 1.54) is 4.57 Å². The van der Waals surface area contributed by atoms with Crippen molar-refractivity contribution in [3.05, 3.63) is 35.0 Å². The van der Waals surface area contributed by atoms with Gasteiger partial charge in [-0.2, -0.15) is 0 Å². The number of halogens is 1. The van der Waals surface area contributed by atoms with Gasteiger partial charge < -0.3 is 4.74 Å². The topological polar surface area (TPSA) is 48.3 Å². The maximum atomic E-state index is 11.7. The number of rotatable bonds is 3. The van der Waals surface area contributed by atoms with E-state index in [9.17, 15) is 9.59 Å². The standard InChI is InChI=1S/C12H10ClNO3/c1-2-17-12(16)11-10(13)8-5-3-4-6-9(8)14(11)7-15/h3-7H,2H2,1H3. The van der Waals surface area contributed by atoms with Crippen LogP contribution in [-0.2, 0) is 9.53 Å². The molecule has 1 aromatic carbocycles. The SMILES string of the molecule is CCOC(=O)c1c(Cl)c2ccccc2n1C=O. The first-order valence-corrected chi connectivity index (χ1v) is 5.49. The van der Waals surface area contributed by atoms with Crippen LogP contribution in [0.2, 0.25) is 5.02 Å². The van der Waals surface area contributed by atoms with Gasteiger partial charge in [-0.15, -0.1) is 0 Å². The van der Waals surface area contributed by atoms with Crippen LogP contribution in [0.3, 0.4) is 0 Å². The molecule has 0 aliphatic carbocycles. The minimum Gasteiger partial charge on any atom is -0.461 e. The number of carbonyl (C=O) groups excluding carboxylic acids is 2. The van der Waals surface area contributed by atoms with Crippen LogP contribution in [0.4, 0.5) is 0 Å². The molecule has 88 valence electrons. The van der Waals surface area contributed by atoms with Crippen LogP contribution in [0.1, 0.15) is 17.4 Å². The quantitative estimate of drug-likeness (QED) is 0.622. The van der Waals surface area contributed by atoms with Gasteiger partial charge in [-0.1, -0.05) is 29.8 Å². The molecule has 17 heavy (non-hydrogen) atoms. The lowest BCUT2D eigenvalue weighted by Crippen LogP contribution is -2.12. The number of fused-ring (bicyclic) bond motifs is 1. The predicted octanol–water partition coefficient (Wildman–Crippen LogP) is 2.51. The Morgan fingerprint density at radius 2 is 2.18 bits per heavy atom. The molecule has 0 saturated heterocycles. The molecule has 0 atom stereocenters. The van der Waals surface area contributed by atoms with Crippen molar-refractivity contribution < 1.29 is 14.3 Å². The Morgan fingerprint density at radius 1 is 1.47 bits per heavy atom. The number of hydrogen-bond acceptors (Lipinski definition) is 3. The summed E-state index contributed by atoms with van der Waals surface area (Å²) in [5.74, 6) is -0.596. The van der Waals surface area contributed by atoms with Gasteiger partial charge in [0.1, 0.15) is 0 Å². The average Bonchev–Trinajstić information content (AvgIpc) is 2.63. The molecule has 0 aliphatic heterocycles. The van der Waals surface area contributed by atoms with Crippen LogP contribution < -0.4 is 0 Å². The number of benzene rings is 1. The van der Waals surface area contributed by atoms with Gasteiger partial charge in [0.05, 0.1) is 17.1 Å². The number of ether oxygens (including phenoxy) is 1. The Balaban J connectivity index is 2.73. The van der Waals surface area contributed by atoms with Crippen molar-refractivity contribution >= 4 is 34.9 Å². The molecule has 5 heteroatoms. The number of hydrogen-bond donors (Lipinski definition) is 0. The molecule has 2 rings (SSSR count). The third-order valence-corrected chi connectivity index (χ3v) is 2.81. The van der Waals surface area contributed by atoms with E-state index in [-0.39, 0.29) is 17.3 Å². The van der Waals surface area contributed by atoms with Gasteiger partial charge in [0.2, 0.25) is 6.41 Å². The average molecular weight is 252 g/mol. The van der Waals surface area contributed by atoms with Gasteiger partial charge in [-0.05, 0) is 13.0 Å². The summed E-state index contributed by atoms with van der Waals surface area (Å²) in [5, 5.41) is 0.899. The number of nitrogens with zero attached hydrogens (tertiary/aromatic N) is 1. The molecule has 2 aromatic rings. The van der Waals surface area contributed by atoms with Gasteiger partial charge in [-0.25, -0.2) is 4.79 Å².